The molecule has 1 saturated carbocycles. The van der Waals surface area contributed by atoms with Crippen molar-refractivity contribution in [2.24, 2.45) is 5.92 Å². The lowest BCUT2D eigenvalue weighted by Gasteiger charge is -2.21. The molecule has 2 N–H and O–H groups in total. The largest absolute Gasteiger partial charge is 0.416 e. The minimum Gasteiger partial charge on any atom is -0.340 e. The van der Waals surface area contributed by atoms with Crippen molar-refractivity contribution >= 4 is 11.9 Å². The first-order valence-corrected chi connectivity index (χ1v) is 8.03. The molecule has 1 aromatic carbocycles. The van der Waals surface area contributed by atoms with Gasteiger partial charge in [0.2, 0.25) is 5.95 Å². The lowest BCUT2D eigenvalue weighted by atomic mass is 9.93. The topological polar surface area (TPSA) is 78.3 Å². The first-order chi connectivity index (χ1) is 12.3. The zero-order chi connectivity index (χ0) is 18.5. The molecule has 1 amide bonds. The summed E-state index contributed by atoms with van der Waals surface area (Å²) >= 11 is 0. The molecule has 1 aliphatic carbocycles. The minimum absolute atomic E-state index is 0.119. The number of benzene rings is 1. The first-order valence-electron chi connectivity index (χ1n) is 8.03. The van der Waals surface area contributed by atoms with Crippen LogP contribution in [0.2, 0.25) is 0 Å². The van der Waals surface area contributed by atoms with E-state index >= 15 is 0 Å². The maximum absolute atomic E-state index is 13.0. The second kappa shape index (κ2) is 5.66. The summed E-state index contributed by atoms with van der Waals surface area (Å²) in [7, 11) is 0. The van der Waals surface area contributed by atoms with E-state index < -0.39 is 17.6 Å². The van der Waals surface area contributed by atoms with Gasteiger partial charge in [-0.3, -0.25) is 10.0 Å². The van der Waals surface area contributed by atoms with E-state index in [4.69, 9.17) is 5.21 Å². The van der Waals surface area contributed by atoms with Crippen LogP contribution in [0.4, 0.5) is 19.1 Å². The van der Waals surface area contributed by atoms with Crippen LogP contribution >= 0.6 is 0 Å². The van der Waals surface area contributed by atoms with Crippen LogP contribution in [0, 0.1) is 5.92 Å². The molecule has 2 aromatic rings. The average molecular weight is 364 g/mol. The van der Waals surface area contributed by atoms with Crippen molar-refractivity contribution in [1.82, 2.24) is 15.4 Å². The fourth-order valence-corrected chi connectivity index (χ4v) is 3.75. The number of aromatic nitrogens is 2. The Morgan fingerprint density at radius 3 is 2.69 bits per heavy atom. The summed E-state index contributed by atoms with van der Waals surface area (Å²) < 4.78 is 39.0. The lowest BCUT2D eigenvalue weighted by Crippen LogP contribution is -2.28. The molecule has 0 radical (unpaired) electrons. The highest BCUT2D eigenvalue weighted by atomic mass is 19.4. The van der Waals surface area contributed by atoms with E-state index in [2.05, 4.69) is 9.97 Å². The normalized spacial score (nSPS) is 24.3. The Labute approximate surface area is 146 Å². The smallest absolute Gasteiger partial charge is 0.340 e. The molecular formula is C17H15F3N4O2. The highest BCUT2D eigenvalue weighted by molar-refractivity contribution is 5.92. The lowest BCUT2D eigenvalue weighted by molar-refractivity contribution is -0.137. The number of hydroxylamine groups is 1. The van der Waals surface area contributed by atoms with Crippen molar-refractivity contribution < 1.29 is 23.2 Å². The monoisotopic (exact) mass is 364 g/mol. The zero-order valence-electron chi connectivity index (χ0n) is 13.5. The summed E-state index contributed by atoms with van der Waals surface area (Å²) in [4.78, 5) is 21.5. The maximum Gasteiger partial charge on any atom is 0.416 e. The third-order valence-electron chi connectivity index (χ3n) is 5.20. The third-order valence-corrected chi connectivity index (χ3v) is 5.20. The molecule has 4 rings (SSSR count). The summed E-state index contributed by atoms with van der Waals surface area (Å²) in [5.41, 5.74) is 1.38. The van der Waals surface area contributed by atoms with Gasteiger partial charge in [0, 0.05) is 30.9 Å². The van der Waals surface area contributed by atoms with Crippen molar-refractivity contribution in [3.05, 3.63) is 53.3 Å². The van der Waals surface area contributed by atoms with Crippen LogP contribution in [-0.4, -0.2) is 34.2 Å². The van der Waals surface area contributed by atoms with Gasteiger partial charge in [-0.2, -0.15) is 13.2 Å². The van der Waals surface area contributed by atoms with Gasteiger partial charge in [0.15, 0.2) is 0 Å². The standard InChI is InChI=1S/C17H15F3N4O2/c18-17(19,20)12-3-1-2-11(4-12)16-5-13(16)8-24(9-16)15-21-6-10(7-22-15)14(25)23-26/h1-4,6-7,13,26H,5,8-9H2,(H,23,25)/t13-,16-/m1/s1. The van der Waals surface area contributed by atoms with E-state index in [9.17, 15) is 18.0 Å². The fraction of sp³-hybridized carbons (Fsp3) is 0.353. The summed E-state index contributed by atoms with van der Waals surface area (Å²) in [5.74, 6) is -0.0331. The number of hydrogen-bond acceptors (Lipinski definition) is 5. The molecule has 6 nitrogen and oxygen atoms in total. The molecule has 0 spiro atoms. The second-order valence-electron chi connectivity index (χ2n) is 6.73. The molecule has 2 fully saturated rings. The summed E-state index contributed by atoms with van der Waals surface area (Å²) in [6.45, 7) is 1.19. The Bertz CT molecular complexity index is 856. The number of anilines is 1. The van der Waals surface area contributed by atoms with Crippen LogP contribution < -0.4 is 10.4 Å². The average Bonchev–Trinajstić information content (AvgIpc) is 3.22. The molecule has 0 bridgehead atoms. The van der Waals surface area contributed by atoms with E-state index in [1.165, 1.54) is 30.0 Å². The van der Waals surface area contributed by atoms with E-state index in [1.807, 2.05) is 4.90 Å². The molecular weight excluding hydrogens is 349 g/mol. The highest BCUT2D eigenvalue weighted by Gasteiger charge is 2.61. The molecule has 1 saturated heterocycles. The van der Waals surface area contributed by atoms with Crippen LogP contribution in [0.5, 0.6) is 0 Å². The molecule has 2 heterocycles. The third kappa shape index (κ3) is 2.68. The van der Waals surface area contributed by atoms with Crippen molar-refractivity contribution in [3.8, 4) is 0 Å². The molecule has 1 aromatic heterocycles. The number of fused-ring (bicyclic) bond motifs is 1. The Balaban J connectivity index is 1.55. The van der Waals surface area contributed by atoms with Gasteiger partial charge >= 0.3 is 6.18 Å². The number of alkyl halides is 3. The summed E-state index contributed by atoms with van der Waals surface area (Å²) in [5, 5.41) is 8.60. The van der Waals surface area contributed by atoms with Gasteiger partial charge in [0.1, 0.15) is 0 Å². The van der Waals surface area contributed by atoms with E-state index in [1.54, 1.807) is 6.07 Å². The Morgan fingerprint density at radius 1 is 1.31 bits per heavy atom. The number of rotatable bonds is 3. The first kappa shape index (κ1) is 16.8. The molecule has 2 atom stereocenters. The van der Waals surface area contributed by atoms with Crippen molar-refractivity contribution in [1.29, 1.82) is 0 Å². The summed E-state index contributed by atoms with van der Waals surface area (Å²) in [6.07, 6.45) is -0.916. The van der Waals surface area contributed by atoms with Gasteiger partial charge in [-0.15, -0.1) is 0 Å². The molecule has 9 heteroatoms. The van der Waals surface area contributed by atoms with E-state index in [0.717, 1.165) is 12.5 Å². The van der Waals surface area contributed by atoms with Crippen molar-refractivity contribution in [2.45, 2.75) is 18.0 Å². The maximum atomic E-state index is 13.0. The Morgan fingerprint density at radius 2 is 2.04 bits per heavy atom. The van der Waals surface area contributed by atoms with Gasteiger partial charge in [0.05, 0.1) is 11.1 Å². The second-order valence-corrected chi connectivity index (χ2v) is 6.73. The predicted molar refractivity (Wildman–Crippen MR) is 84.7 cm³/mol. The number of nitrogens with zero attached hydrogens (tertiary/aromatic N) is 3. The number of halogens is 3. The number of carbonyl (C=O) groups is 1. The van der Waals surface area contributed by atoms with Gasteiger partial charge in [-0.25, -0.2) is 15.4 Å². The number of amides is 1. The molecule has 26 heavy (non-hydrogen) atoms. The number of hydrogen-bond donors (Lipinski definition) is 2. The van der Waals surface area contributed by atoms with Crippen LogP contribution in [0.15, 0.2) is 36.7 Å². The fourth-order valence-electron chi connectivity index (χ4n) is 3.75. The zero-order valence-corrected chi connectivity index (χ0v) is 13.5. The highest BCUT2D eigenvalue weighted by Crippen LogP contribution is 2.59. The number of piperidine rings is 1. The predicted octanol–water partition coefficient (Wildman–Crippen LogP) is 2.39. The molecule has 0 unspecified atom stereocenters. The van der Waals surface area contributed by atoms with Crippen LogP contribution in [0.3, 0.4) is 0 Å². The van der Waals surface area contributed by atoms with Gasteiger partial charge in [-0.05, 0) is 24.0 Å². The minimum atomic E-state index is -4.36. The van der Waals surface area contributed by atoms with Crippen molar-refractivity contribution in [3.63, 3.8) is 0 Å². The Kier molecular flexibility index (Phi) is 3.65. The van der Waals surface area contributed by atoms with Crippen LogP contribution in [0.1, 0.15) is 27.9 Å². The van der Waals surface area contributed by atoms with E-state index in [-0.39, 0.29) is 16.9 Å². The van der Waals surface area contributed by atoms with E-state index in [0.29, 0.717) is 24.6 Å². The van der Waals surface area contributed by atoms with Crippen LogP contribution in [0.25, 0.3) is 0 Å². The van der Waals surface area contributed by atoms with Gasteiger partial charge in [-0.1, -0.05) is 18.2 Å². The SMILES string of the molecule is O=C(NO)c1cnc(N2C[C@H]3C[C@]3(c3cccc(C(F)(F)F)c3)C2)nc1. The molecule has 136 valence electrons. The van der Waals surface area contributed by atoms with Gasteiger partial charge < -0.3 is 4.90 Å². The van der Waals surface area contributed by atoms with Crippen molar-refractivity contribution in [2.75, 3.05) is 18.0 Å². The number of nitrogens with one attached hydrogen (secondary N) is 1. The Hall–Kier alpha value is -2.68. The summed E-state index contributed by atoms with van der Waals surface area (Å²) in [6, 6.07) is 5.51. The molecule has 1 aliphatic heterocycles. The number of carbonyl (C=O) groups excluding carboxylic acids is 1. The molecule has 2 aliphatic rings. The van der Waals surface area contributed by atoms with Gasteiger partial charge in [0.25, 0.3) is 5.91 Å². The quantitative estimate of drug-likeness (QED) is 0.646. The van der Waals surface area contributed by atoms with Crippen LogP contribution in [-0.2, 0) is 11.6 Å².